The Morgan fingerprint density at radius 1 is 1.38 bits per heavy atom. The van der Waals surface area contributed by atoms with Crippen molar-refractivity contribution in [3.8, 4) is 0 Å². The van der Waals surface area contributed by atoms with E-state index < -0.39 is 0 Å². The van der Waals surface area contributed by atoms with E-state index in [9.17, 15) is 4.79 Å². The minimum absolute atomic E-state index is 0.0606. The van der Waals surface area contributed by atoms with Gasteiger partial charge in [-0.3, -0.25) is 4.79 Å². The first-order valence-corrected chi connectivity index (χ1v) is 5.17. The van der Waals surface area contributed by atoms with Crippen molar-refractivity contribution in [3.63, 3.8) is 0 Å². The normalized spacial score (nSPS) is 23.3. The molecule has 0 radical (unpaired) electrons. The van der Waals surface area contributed by atoms with Gasteiger partial charge in [-0.05, 0) is 32.1 Å². The average Bonchev–Trinajstić information content (AvgIpc) is 2.09. The van der Waals surface area contributed by atoms with Crippen LogP contribution in [0.15, 0.2) is 12.2 Å². The number of rotatable bonds is 2. The SMILES string of the molecule is CCC(=O)OC1CCC=CCCC1. The second kappa shape index (κ2) is 5.79. The van der Waals surface area contributed by atoms with Gasteiger partial charge in [-0.2, -0.15) is 0 Å². The molecular formula is C11H18O2. The zero-order valence-corrected chi connectivity index (χ0v) is 8.29. The number of hydrogen-bond donors (Lipinski definition) is 0. The first kappa shape index (κ1) is 10.3. The predicted octanol–water partition coefficient (Wildman–Crippen LogP) is 2.83. The molecule has 0 saturated carbocycles. The summed E-state index contributed by atoms with van der Waals surface area (Å²) in [5, 5.41) is 0. The Kier molecular flexibility index (Phi) is 4.58. The molecule has 0 amide bonds. The molecule has 0 aromatic carbocycles. The highest BCUT2D eigenvalue weighted by molar-refractivity contribution is 5.69. The summed E-state index contributed by atoms with van der Waals surface area (Å²) in [6, 6.07) is 0. The molecule has 2 nitrogen and oxygen atoms in total. The van der Waals surface area contributed by atoms with Crippen LogP contribution in [0.4, 0.5) is 0 Å². The smallest absolute Gasteiger partial charge is 0.305 e. The van der Waals surface area contributed by atoms with Crippen LogP contribution in [0.5, 0.6) is 0 Å². The molecule has 0 N–H and O–H groups in total. The fourth-order valence-corrected chi connectivity index (χ4v) is 1.51. The Hall–Kier alpha value is -0.790. The molecule has 0 spiro atoms. The molecule has 1 aliphatic carbocycles. The highest BCUT2D eigenvalue weighted by Gasteiger charge is 2.12. The molecular weight excluding hydrogens is 164 g/mol. The molecule has 0 aliphatic heterocycles. The maximum absolute atomic E-state index is 11.0. The summed E-state index contributed by atoms with van der Waals surface area (Å²) < 4.78 is 5.30. The van der Waals surface area contributed by atoms with Gasteiger partial charge in [0.2, 0.25) is 0 Å². The topological polar surface area (TPSA) is 26.3 Å². The van der Waals surface area contributed by atoms with E-state index in [-0.39, 0.29) is 12.1 Å². The number of carbonyl (C=O) groups excluding carboxylic acids is 1. The number of allylic oxidation sites excluding steroid dienone is 2. The van der Waals surface area contributed by atoms with Crippen LogP contribution in [-0.2, 0) is 9.53 Å². The molecule has 0 fully saturated rings. The summed E-state index contributed by atoms with van der Waals surface area (Å²) in [6.07, 6.45) is 10.4. The van der Waals surface area contributed by atoms with Crippen LogP contribution >= 0.6 is 0 Å². The molecule has 74 valence electrons. The fourth-order valence-electron chi connectivity index (χ4n) is 1.51. The second-order valence-electron chi connectivity index (χ2n) is 3.45. The van der Waals surface area contributed by atoms with Crippen LogP contribution in [0, 0.1) is 0 Å². The summed E-state index contributed by atoms with van der Waals surface area (Å²) in [4.78, 5) is 11.0. The maximum Gasteiger partial charge on any atom is 0.305 e. The lowest BCUT2D eigenvalue weighted by Gasteiger charge is -2.17. The van der Waals surface area contributed by atoms with Crippen LogP contribution in [0.1, 0.15) is 45.4 Å². The van der Waals surface area contributed by atoms with Gasteiger partial charge in [-0.15, -0.1) is 0 Å². The molecule has 0 aromatic rings. The van der Waals surface area contributed by atoms with Crippen LogP contribution in [-0.4, -0.2) is 12.1 Å². The lowest BCUT2D eigenvalue weighted by Crippen LogP contribution is -2.17. The Balaban J connectivity index is 2.31. The summed E-state index contributed by atoms with van der Waals surface area (Å²) in [5.41, 5.74) is 0. The van der Waals surface area contributed by atoms with E-state index in [1.807, 2.05) is 6.92 Å². The van der Waals surface area contributed by atoms with Gasteiger partial charge in [0, 0.05) is 6.42 Å². The van der Waals surface area contributed by atoms with Crippen molar-refractivity contribution in [1.29, 1.82) is 0 Å². The fraction of sp³-hybridized carbons (Fsp3) is 0.727. The first-order chi connectivity index (χ1) is 6.33. The van der Waals surface area contributed by atoms with E-state index in [1.54, 1.807) is 0 Å². The Labute approximate surface area is 80.0 Å². The van der Waals surface area contributed by atoms with Crippen molar-refractivity contribution in [2.24, 2.45) is 0 Å². The number of hydrogen-bond acceptors (Lipinski definition) is 2. The Morgan fingerprint density at radius 3 is 2.92 bits per heavy atom. The van der Waals surface area contributed by atoms with Crippen molar-refractivity contribution >= 4 is 5.97 Å². The third-order valence-electron chi connectivity index (χ3n) is 2.31. The van der Waals surface area contributed by atoms with E-state index in [0.29, 0.717) is 6.42 Å². The molecule has 0 aromatic heterocycles. The van der Waals surface area contributed by atoms with Crippen molar-refractivity contribution in [1.82, 2.24) is 0 Å². The van der Waals surface area contributed by atoms with Gasteiger partial charge in [-0.25, -0.2) is 0 Å². The van der Waals surface area contributed by atoms with Gasteiger partial charge in [0.05, 0.1) is 0 Å². The molecule has 1 atom stereocenters. The Morgan fingerprint density at radius 2 is 2.15 bits per heavy atom. The third kappa shape index (κ3) is 4.11. The summed E-state index contributed by atoms with van der Waals surface area (Å²) in [6.45, 7) is 1.84. The monoisotopic (exact) mass is 182 g/mol. The minimum atomic E-state index is -0.0606. The van der Waals surface area contributed by atoms with E-state index in [4.69, 9.17) is 4.74 Å². The molecule has 1 aliphatic rings. The van der Waals surface area contributed by atoms with Gasteiger partial charge in [0.15, 0.2) is 0 Å². The zero-order chi connectivity index (χ0) is 9.52. The lowest BCUT2D eigenvalue weighted by molar-refractivity contribution is -0.149. The second-order valence-corrected chi connectivity index (χ2v) is 3.45. The predicted molar refractivity (Wildman–Crippen MR) is 52.4 cm³/mol. The van der Waals surface area contributed by atoms with Crippen molar-refractivity contribution < 1.29 is 9.53 Å². The number of carbonyl (C=O) groups is 1. The van der Waals surface area contributed by atoms with Crippen LogP contribution in [0.3, 0.4) is 0 Å². The average molecular weight is 182 g/mol. The van der Waals surface area contributed by atoms with E-state index in [0.717, 1.165) is 32.1 Å². The van der Waals surface area contributed by atoms with E-state index in [2.05, 4.69) is 12.2 Å². The summed E-state index contributed by atoms with van der Waals surface area (Å²) in [7, 11) is 0. The van der Waals surface area contributed by atoms with Gasteiger partial charge in [-0.1, -0.05) is 19.1 Å². The van der Waals surface area contributed by atoms with Crippen molar-refractivity contribution in [3.05, 3.63) is 12.2 Å². The molecule has 1 unspecified atom stereocenters. The largest absolute Gasteiger partial charge is 0.462 e. The summed E-state index contributed by atoms with van der Waals surface area (Å²) >= 11 is 0. The van der Waals surface area contributed by atoms with Crippen LogP contribution in [0.25, 0.3) is 0 Å². The number of esters is 1. The van der Waals surface area contributed by atoms with E-state index in [1.165, 1.54) is 0 Å². The maximum atomic E-state index is 11.0. The molecule has 13 heavy (non-hydrogen) atoms. The molecule has 0 heterocycles. The number of ether oxygens (including phenoxy) is 1. The quantitative estimate of drug-likeness (QED) is 0.485. The van der Waals surface area contributed by atoms with Gasteiger partial charge in [0.25, 0.3) is 0 Å². The standard InChI is InChI=1S/C11H18O2/c1-2-11(12)13-10-8-6-4-3-5-7-9-10/h3-4,10H,2,5-9H2,1H3. The third-order valence-corrected chi connectivity index (χ3v) is 2.31. The van der Waals surface area contributed by atoms with Crippen LogP contribution in [0.2, 0.25) is 0 Å². The van der Waals surface area contributed by atoms with Gasteiger partial charge < -0.3 is 4.74 Å². The first-order valence-electron chi connectivity index (χ1n) is 5.17. The Bertz CT molecular complexity index is 185. The van der Waals surface area contributed by atoms with Gasteiger partial charge in [0.1, 0.15) is 6.10 Å². The minimum Gasteiger partial charge on any atom is -0.462 e. The lowest BCUT2D eigenvalue weighted by atomic mass is 10.0. The molecule has 0 saturated heterocycles. The highest BCUT2D eigenvalue weighted by Crippen LogP contribution is 2.15. The van der Waals surface area contributed by atoms with Crippen molar-refractivity contribution in [2.45, 2.75) is 51.6 Å². The molecule has 1 rings (SSSR count). The summed E-state index contributed by atoms with van der Waals surface area (Å²) in [5.74, 6) is -0.0606. The molecule has 0 bridgehead atoms. The van der Waals surface area contributed by atoms with E-state index >= 15 is 0 Å². The highest BCUT2D eigenvalue weighted by atomic mass is 16.5. The molecule has 2 heteroatoms. The van der Waals surface area contributed by atoms with Crippen molar-refractivity contribution in [2.75, 3.05) is 0 Å². The van der Waals surface area contributed by atoms with Crippen LogP contribution < -0.4 is 0 Å². The zero-order valence-electron chi connectivity index (χ0n) is 8.29. The van der Waals surface area contributed by atoms with Gasteiger partial charge >= 0.3 is 5.97 Å².